The van der Waals surface area contributed by atoms with Crippen LogP contribution in [0.1, 0.15) is 0 Å². The van der Waals surface area contributed by atoms with Crippen LogP contribution in [0.25, 0.3) is 0 Å². The van der Waals surface area contributed by atoms with Crippen molar-refractivity contribution in [3.63, 3.8) is 0 Å². The van der Waals surface area contributed by atoms with Gasteiger partial charge in [0.1, 0.15) is 0 Å². The molecule has 0 rings (SSSR count). The maximum atomic E-state index is 12.7. The number of hydrogen-bond acceptors (Lipinski definition) is 9. The molecule has 0 atom stereocenters. The molecule has 0 aliphatic heterocycles. The molecule has 52 heteroatoms. The van der Waals surface area contributed by atoms with Gasteiger partial charge < -0.3 is 13.7 Å². The summed E-state index contributed by atoms with van der Waals surface area (Å²) in [5.41, 5.74) is 0. The maximum Gasteiger partial charge on any atom is 3.00 e. The molecule has 0 radical (unpaired) electrons. The summed E-state index contributed by atoms with van der Waals surface area (Å²) >= 11 is 0. The molecular weight excluding hydrogens is 1240 g/mol. The van der Waals surface area contributed by atoms with Crippen molar-refractivity contribution in [3.05, 3.63) is 0 Å². The fraction of sp³-hybridized carbons (Fsp3) is 1.00. The molecule has 0 saturated carbocycles. The van der Waals surface area contributed by atoms with E-state index in [9.17, 15) is 210 Å². The molecule has 0 aliphatic rings. The van der Waals surface area contributed by atoms with Crippen LogP contribution in [-0.2, 0) is 56.2 Å². The fourth-order valence-corrected chi connectivity index (χ4v) is 4.06. The van der Waals surface area contributed by atoms with Crippen molar-refractivity contribution in [3.8, 4) is 0 Å². The minimum Gasteiger partial charge on any atom is -0.743 e. The van der Waals surface area contributed by atoms with Gasteiger partial charge in [-0.1, -0.05) is 0 Å². The van der Waals surface area contributed by atoms with E-state index in [1.54, 1.807) is 0 Å². The Bertz CT molecular complexity index is 1930. The minimum atomic E-state index is -8.29. The predicted octanol–water partition coefficient (Wildman–Crippen LogP) is 9.68. The third-order valence-corrected chi connectivity index (χ3v) is 9.31. The van der Waals surface area contributed by atoms with E-state index in [-0.39, 0.29) is 25.8 Å². The Morgan fingerprint density at radius 1 is 0.186 bits per heavy atom. The monoisotopic (exact) mass is 1240 g/mol. The van der Waals surface area contributed by atoms with Crippen LogP contribution in [0, 0.1) is 0 Å². The second kappa shape index (κ2) is 18.9. The Morgan fingerprint density at radius 3 is 0.343 bits per heavy atom. The Labute approximate surface area is 371 Å². The zero-order chi connectivity index (χ0) is 58.5. The first kappa shape index (κ1) is 74.4. The summed E-state index contributed by atoms with van der Waals surface area (Å²) in [4.78, 5) is 0. The molecule has 0 amide bonds. The molecule has 0 aromatic rings. The van der Waals surface area contributed by atoms with Gasteiger partial charge in [-0.05, 0) is 0 Å². The molecule has 0 bridgehead atoms. The zero-order valence-corrected chi connectivity index (χ0v) is 33.5. The van der Waals surface area contributed by atoms with Gasteiger partial charge >= 0.3 is 131 Å². The van der Waals surface area contributed by atoms with Crippen molar-refractivity contribution in [2.24, 2.45) is 0 Å². The molecule has 0 aromatic carbocycles. The number of alkyl halides is 39. The number of hydrogen-bond donors (Lipinski definition) is 0. The molecule has 0 unspecified atom stereocenters. The molecule has 420 valence electrons. The normalized spacial score (nSPS) is 16.4. The predicted molar refractivity (Wildman–Crippen MR) is 121 cm³/mol. The average molecular weight is 1240 g/mol. The van der Waals surface area contributed by atoms with E-state index in [1.165, 1.54) is 0 Å². The van der Waals surface area contributed by atoms with Crippen LogP contribution in [0.4, 0.5) is 171 Å². The Morgan fingerprint density at radius 2 is 0.271 bits per heavy atom. The van der Waals surface area contributed by atoms with Gasteiger partial charge in [0.25, 0.3) is 0 Å². The minimum absolute atomic E-state index is 0. The quantitative estimate of drug-likeness (QED) is 0.114. The van der Waals surface area contributed by atoms with Gasteiger partial charge in [-0.3, -0.25) is 0 Å². The summed E-state index contributed by atoms with van der Waals surface area (Å²) < 4.78 is 567. The Kier molecular flexibility index (Phi) is 20.1. The standard InChI is InChI=1S/3C6HF13O3S.Sc/c3*7-1(8,3(11,12)5(15,16)17)2(9,10)4(13,14)6(18,19)23(20,21)22;/h3*(H,20,21,22);/q;;;+3/p-3. The first-order valence-electron chi connectivity index (χ1n) is 13.2. The SMILES string of the molecule is O=S(=O)([O-])C(F)(F)C(F)(F)C(F)(F)C(F)(F)C(F)(F)C(F)(F)F.O=S(=O)([O-])C(F)(F)C(F)(F)C(F)(F)C(F)(F)C(F)(F)C(F)(F)F.O=S(=O)([O-])C(F)(F)C(F)(F)C(F)(F)C(F)(F)C(F)(F)C(F)(F)F.[Sc+3]. The molecular formula is C18F39O9S3Sc. The molecule has 9 nitrogen and oxygen atoms in total. The molecule has 0 fully saturated rings. The second-order valence-corrected chi connectivity index (χ2v) is 15.6. The van der Waals surface area contributed by atoms with E-state index in [1.807, 2.05) is 0 Å². The summed E-state index contributed by atoms with van der Waals surface area (Å²) in [6, 6.07) is 0. The Balaban J connectivity index is -0.000000463. The van der Waals surface area contributed by atoms with Gasteiger partial charge in [0.15, 0.2) is 30.4 Å². The van der Waals surface area contributed by atoms with E-state index in [4.69, 9.17) is 0 Å². The van der Waals surface area contributed by atoms with Crippen LogP contribution in [-0.4, -0.2) is 144 Å². The van der Waals surface area contributed by atoms with Crippen LogP contribution in [0.15, 0.2) is 0 Å². The first-order valence-corrected chi connectivity index (χ1v) is 17.5. The topological polar surface area (TPSA) is 172 Å². The van der Waals surface area contributed by atoms with Gasteiger partial charge in [-0.25, -0.2) is 25.3 Å². The van der Waals surface area contributed by atoms with Gasteiger partial charge in [-0.2, -0.15) is 171 Å². The van der Waals surface area contributed by atoms with Crippen molar-refractivity contribution < 1.29 is 236 Å². The fourth-order valence-electron chi connectivity index (χ4n) is 2.74. The van der Waals surface area contributed by atoms with E-state index in [0.29, 0.717) is 0 Å². The molecule has 0 aromatic heterocycles. The third kappa shape index (κ3) is 10.8. The van der Waals surface area contributed by atoms with Gasteiger partial charge in [0.2, 0.25) is 0 Å². The number of rotatable bonds is 15. The molecule has 0 N–H and O–H groups in total. The summed E-state index contributed by atoms with van der Waals surface area (Å²) in [5, 5.41) is -22.9. The molecule has 0 aliphatic carbocycles. The van der Waals surface area contributed by atoms with E-state index in [0.717, 1.165) is 0 Å². The van der Waals surface area contributed by atoms with Crippen LogP contribution >= 0.6 is 0 Å². The third-order valence-electron chi connectivity index (χ3n) is 6.66. The van der Waals surface area contributed by atoms with Crippen molar-refractivity contribution in [1.82, 2.24) is 0 Å². The van der Waals surface area contributed by atoms with Crippen molar-refractivity contribution >= 4 is 30.4 Å². The van der Waals surface area contributed by atoms with Crippen molar-refractivity contribution in [2.45, 2.75) is 105 Å². The molecule has 70 heavy (non-hydrogen) atoms. The average Bonchev–Trinajstić information content (AvgIpc) is 3.04. The second-order valence-electron chi connectivity index (χ2n) is 11.3. The molecule has 0 spiro atoms. The van der Waals surface area contributed by atoms with E-state index < -0.39 is 136 Å². The van der Waals surface area contributed by atoms with Gasteiger partial charge in [0.05, 0.1) is 0 Å². The van der Waals surface area contributed by atoms with Crippen molar-refractivity contribution in [1.29, 1.82) is 0 Å². The molecule has 0 saturated heterocycles. The maximum absolute atomic E-state index is 12.7. The number of halogens is 39. The van der Waals surface area contributed by atoms with Gasteiger partial charge in [0, 0.05) is 0 Å². The van der Waals surface area contributed by atoms with Crippen LogP contribution < -0.4 is 0 Å². The largest absolute Gasteiger partial charge is 3.00 e. The van der Waals surface area contributed by atoms with E-state index >= 15 is 0 Å². The smallest absolute Gasteiger partial charge is 0.743 e. The first-order chi connectivity index (χ1) is 28.5. The zero-order valence-electron chi connectivity index (χ0n) is 29.2. The Hall–Kier alpha value is -2.13. The van der Waals surface area contributed by atoms with Crippen LogP contribution in [0.5, 0.6) is 0 Å². The van der Waals surface area contributed by atoms with Crippen molar-refractivity contribution in [2.75, 3.05) is 0 Å². The summed E-state index contributed by atoms with van der Waals surface area (Å²) in [6.07, 6.45) is -22.8. The summed E-state index contributed by atoms with van der Waals surface area (Å²) in [7, 11) is -23.6. The van der Waals surface area contributed by atoms with Crippen LogP contribution in [0.3, 0.4) is 0 Å². The summed E-state index contributed by atoms with van der Waals surface area (Å²) in [6.45, 7) is 0. The van der Waals surface area contributed by atoms with Crippen LogP contribution in [0.2, 0.25) is 0 Å². The molecule has 0 heterocycles. The van der Waals surface area contributed by atoms with E-state index in [2.05, 4.69) is 0 Å². The summed E-state index contributed by atoms with van der Waals surface area (Å²) in [5.74, 6) is -97.9. The van der Waals surface area contributed by atoms with Gasteiger partial charge in [-0.15, -0.1) is 0 Å².